The van der Waals surface area contributed by atoms with Crippen LogP contribution in [0.1, 0.15) is 57.7 Å². The molecule has 0 aliphatic rings. The van der Waals surface area contributed by atoms with Gasteiger partial charge >= 0.3 is 0 Å². The molecule has 0 bridgehead atoms. The monoisotopic (exact) mass is 387 g/mol. The first-order valence-electron chi connectivity index (χ1n) is 9.40. The maximum absolute atomic E-state index is 11.6. The Morgan fingerprint density at radius 3 is 2.32 bits per heavy atom. The molecule has 0 radical (unpaired) electrons. The van der Waals surface area contributed by atoms with Crippen molar-refractivity contribution in [2.45, 2.75) is 47.0 Å². The summed E-state index contributed by atoms with van der Waals surface area (Å²) in [7, 11) is 0. The molecule has 8 heteroatoms. The molecule has 0 aliphatic carbocycles. The zero-order chi connectivity index (χ0) is 21.3. The summed E-state index contributed by atoms with van der Waals surface area (Å²) in [5, 5.41) is 13.9. The number of nitrogens with one attached hydrogen (secondary N) is 2. The van der Waals surface area contributed by atoms with Crippen molar-refractivity contribution in [2.24, 2.45) is 17.4 Å². The number of hydrogen-bond acceptors (Lipinski definition) is 7. The molecule has 0 spiro atoms. The molecule has 0 fully saturated rings. The predicted molar refractivity (Wildman–Crippen MR) is 115 cm³/mol. The van der Waals surface area contributed by atoms with Crippen LogP contribution in [0.4, 0.5) is 17.3 Å². The van der Waals surface area contributed by atoms with Crippen molar-refractivity contribution >= 4 is 23.2 Å². The van der Waals surface area contributed by atoms with E-state index in [1.165, 1.54) is 0 Å². The van der Waals surface area contributed by atoms with Gasteiger partial charge < -0.3 is 22.1 Å². The molecule has 2 aromatic rings. The lowest BCUT2D eigenvalue weighted by Crippen LogP contribution is -2.19. The van der Waals surface area contributed by atoms with Gasteiger partial charge in [-0.3, -0.25) is 4.79 Å². The third-order valence-corrected chi connectivity index (χ3v) is 3.26. The average molecular weight is 388 g/mol. The third kappa shape index (κ3) is 7.87. The Morgan fingerprint density at radius 1 is 1.14 bits per heavy atom. The maximum atomic E-state index is 11.6. The summed E-state index contributed by atoms with van der Waals surface area (Å²) in [6.45, 7) is 13.7. The molecule has 0 unspecified atom stereocenters. The van der Waals surface area contributed by atoms with E-state index in [2.05, 4.69) is 67.4 Å². The number of nitrogens with two attached hydrogens (primary N) is 2. The van der Waals surface area contributed by atoms with Crippen molar-refractivity contribution < 1.29 is 4.79 Å². The molecule has 154 valence electrons. The first-order chi connectivity index (χ1) is 13.0. The number of rotatable bonds is 6. The summed E-state index contributed by atoms with van der Waals surface area (Å²) >= 11 is 0. The van der Waals surface area contributed by atoms with Crippen LogP contribution in [0.15, 0.2) is 24.3 Å². The van der Waals surface area contributed by atoms with E-state index in [1.54, 1.807) is 6.07 Å². The Balaban J connectivity index is 0.000000892. The van der Waals surface area contributed by atoms with E-state index in [9.17, 15) is 4.79 Å². The number of aromatic nitrogens is 3. The quantitative estimate of drug-likeness (QED) is 0.599. The molecule has 8 nitrogen and oxygen atoms in total. The van der Waals surface area contributed by atoms with Crippen LogP contribution in [0, 0.1) is 5.92 Å². The number of primary amides is 1. The summed E-state index contributed by atoms with van der Waals surface area (Å²) in [5.74, 6) is 1.27. The number of carbonyl (C=O) groups is 1. The second-order valence-corrected chi connectivity index (χ2v) is 8.09. The molecule has 0 aromatic carbocycles. The first-order valence-corrected chi connectivity index (χ1v) is 9.40. The lowest BCUT2D eigenvalue weighted by Gasteiger charge is -2.19. The van der Waals surface area contributed by atoms with Crippen LogP contribution >= 0.6 is 0 Å². The number of pyridine rings is 1. The van der Waals surface area contributed by atoms with Crippen molar-refractivity contribution in [1.29, 1.82) is 0 Å². The SMILES string of the molecule is CC(C)(C)c1cccc(Nc2cc(NCCN)nnc2C(N)=O)n1.CC(C)C. The minimum atomic E-state index is -0.664. The van der Waals surface area contributed by atoms with Crippen LogP contribution in [-0.2, 0) is 5.41 Å². The van der Waals surface area contributed by atoms with Crippen molar-refractivity contribution in [2.75, 3.05) is 23.7 Å². The highest BCUT2D eigenvalue weighted by Crippen LogP contribution is 2.24. The largest absolute Gasteiger partial charge is 0.367 e. The molecular formula is C20H33N7O. The first kappa shape index (κ1) is 23.3. The lowest BCUT2D eigenvalue weighted by molar-refractivity contribution is 0.0995. The van der Waals surface area contributed by atoms with Crippen LogP contribution < -0.4 is 22.1 Å². The Bertz CT molecular complexity index is 767. The second-order valence-electron chi connectivity index (χ2n) is 8.09. The van der Waals surface area contributed by atoms with Gasteiger partial charge in [-0.25, -0.2) is 4.98 Å². The van der Waals surface area contributed by atoms with Gasteiger partial charge in [0.05, 0.1) is 5.69 Å². The zero-order valence-corrected chi connectivity index (χ0v) is 17.7. The van der Waals surface area contributed by atoms with Gasteiger partial charge in [-0.1, -0.05) is 47.6 Å². The fourth-order valence-electron chi connectivity index (χ4n) is 2.02. The van der Waals surface area contributed by atoms with Gasteiger partial charge in [-0.05, 0) is 18.1 Å². The predicted octanol–water partition coefficient (Wildman–Crippen LogP) is 3.04. The second kappa shape index (κ2) is 10.6. The van der Waals surface area contributed by atoms with Gasteiger partial charge in [-0.2, -0.15) is 0 Å². The Hall–Kier alpha value is -2.74. The van der Waals surface area contributed by atoms with E-state index in [0.29, 0.717) is 30.4 Å². The van der Waals surface area contributed by atoms with Crippen LogP contribution in [0.3, 0.4) is 0 Å². The number of carbonyl (C=O) groups excluding carboxylic acids is 1. The highest BCUT2D eigenvalue weighted by molar-refractivity contribution is 5.97. The standard InChI is InChI=1S/C16H23N7O.C4H10/c1-16(2,3)11-5-4-6-12(21-11)20-10-9-13(19-8-7-17)22-23-14(10)15(18)24;1-4(2)3/h4-6,9H,7-8,17H2,1-3H3,(H2,18,24)(H2,19,20,21,22);4H,1-3H3. The molecule has 2 rings (SSSR count). The Morgan fingerprint density at radius 2 is 1.79 bits per heavy atom. The summed E-state index contributed by atoms with van der Waals surface area (Å²) < 4.78 is 0. The van der Waals surface area contributed by atoms with E-state index < -0.39 is 5.91 Å². The zero-order valence-electron chi connectivity index (χ0n) is 17.7. The van der Waals surface area contributed by atoms with Gasteiger partial charge in [0.2, 0.25) is 0 Å². The average Bonchev–Trinajstić information content (AvgIpc) is 2.59. The smallest absolute Gasteiger partial charge is 0.271 e. The van der Waals surface area contributed by atoms with Gasteiger partial charge in [-0.15, -0.1) is 10.2 Å². The van der Waals surface area contributed by atoms with Crippen molar-refractivity contribution in [3.63, 3.8) is 0 Å². The molecule has 2 aromatic heterocycles. The molecule has 0 atom stereocenters. The molecule has 0 saturated carbocycles. The molecule has 28 heavy (non-hydrogen) atoms. The summed E-state index contributed by atoms with van der Waals surface area (Å²) in [6.07, 6.45) is 0. The minimum Gasteiger partial charge on any atom is -0.367 e. The highest BCUT2D eigenvalue weighted by atomic mass is 16.1. The summed E-state index contributed by atoms with van der Waals surface area (Å²) in [5.41, 5.74) is 12.2. The van der Waals surface area contributed by atoms with E-state index in [1.807, 2.05) is 18.2 Å². The molecule has 0 aliphatic heterocycles. The Labute approximate surface area is 167 Å². The fourth-order valence-corrected chi connectivity index (χ4v) is 2.02. The van der Waals surface area contributed by atoms with Crippen molar-refractivity contribution in [3.8, 4) is 0 Å². The fraction of sp³-hybridized carbons (Fsp3) is 0.500. The van der Waals surface area contributed by atoms with Gasteiger partial charge in [0.1, 0.15) is 5.82 Å². The summed E-state index contributed by atoms with van der Waals surface area (Å²) in [4.78, 5) is 16.2. The number of amides is 1. The Kier molecular flexibility index (Phi) is 8.78. The van der Waals surface area contributed by atoms with Gasteiger partial charge in [0, 0.05) is 30.3 Å². The van der Waals surface area contributed by atoms with Crippen LogP contribution in [-0.4, -0.2) is 34.2 Å². The topological polar surface area (TPSA) is 132 Å². The van der Waals surface area contributed by atoms with Gasteiger partial charge in [0.25, 0.3) is 5.91 Å². The molecule has 1 amide bonds. The highest BCUT2D eigenvalue weighted by Gasteiger charge is 2.17. The molecule has 0 saturated heterocycles. The molecule has 6 N–H and O–H groups in total. The van der Waals surface area contributed by atoms with E-state index in [0.717, 1.165) is 11.6 Å². The summed E-state index contributed by atoms with van der Waals surface area (Å²) in [6, 6.07) is 7.34. The van der Waals surface area contributed by atoms with Crippen LogP contribution in [0.25, 0.3) is 0 Å². The van der Waals surface area contributed by atoms with Crippen LogP contribution in [0.5, 0.6) is 0 Å². The molecule has 2 heterocycles. The third-order valence-electron chi connectivity index (χ3n) is 3.26. The van der Waals surface area contributed by atoms with Gasteiger partial charge in [0.15, 0.2) is 11.5 Å². The number of nitrogens with zero attached hydrogens (tertiary/aromatic N) is 3. The van der Waals surface area contributed by atoms with E-state index >= 15 is 0 Å². The van der Waals surface area contributed by atoms with Crippen molar-refractivity contribution in [1.82, 2.24) is 15.2 Å². The van der Waals surface area contributed by atoms with E-state index in [4.69, 9.17) is 11.5 Å². The molecular weight excluding hydrogens is 354 g/mol. The maximum Gasteiger partial charge on any atom is 0.271 e. The minimum absolute atomic E-state index is 0.0521. The van der Waals surface area contributed by atoms with Crippen molar-refractivity contribution in [3.05, 3.63) is 35.7 Å². The number of hydrogen-bond donors (Lipinski definition) is 4. The number of anilines is 3. The van der Waals surface area contributed by atoms with E-state index in [-0.39, 0.29) is 11.1 Å². The normalized spacial score (nSPS) is 10.9. The lowest BCUT2D eigenvalue weighted by atomic mass is 9.92. The van der Waals surface area contributed by atoms with Crippen LogP contribution in [0.2, 0.25) is 0 Å².